The molecule has 0 aliphatic rings. The quantitative estimate of drug-likeness (QED) is 0.0547. The fraction of sp³-hybridized carbons (Fsp3) is 0.837. The third-order valence-corrected chi connectivity index (χ3v) is 13.1. The van der Waals surface area contributed by atoms with Crippen molar-refractivity contribution in [1.82, 2.24) is 0 Å². The molecule has 48 heavy (non-hydrogen) atoms. The predicted octanol–water partition coefficient (Wildman–Crippen LogP) is 16.4. The van der Waals surface area contributed by atoms with Crippen molar-refractivity contribution >= 4 is 41.3 Å². The van der Waals surface area contributed by atoms with Crippen LogP contribution in [0.4, 0.5) is 0 Å². The highest BCUT2D eigenvalue weighted by molar-refractivity contribution is 8.02. The Morgan fingerprint density at radius 2 is 0.750 bits per heavy atom. The zero-order valence-corrected chi connectivity index (χ0v) is 34.5. The van der Waals surface area contributed by atoms with Gasteiger partial charge < -0.3 is 5.11 Å². The normalized spacial score (nSPS) is 11.5. The number of hydrogen-bond donors (Lipinski definition) is 1. The molecule has 0 saturated carbocycles. The Hall–Kier alpha value is -0.260. The summed E-state index contributed by atoms with van der Waals surface area (Å²) in [5.74, 6) is 2.44. The molecule has 0 spiro atoms. The zero-order valence-electron chi connectivity index (χ0n) is 32.1. The minimum atomic E-state index is -0.761. The highest BCUT2D eigenvalue weighted by Gasteiger charge is 2.18. The van der Waals surface area contributed by atoms with E-state index in [4.69, 9.17) is 0 Å². The van der Waals surface area contributed by atoms with Gasteiger partial charge in [-0.2, -0.15) is 0 Å². The minimum Gasteiger partial charge on any atom is -0.478 e. The Balaban J connectivity index is 2.57. The van der Waals surface area contributed by atoms with Crippen molar-refractivity contribution in [3.05, 3.63) is 17.7 Å². The van der Waals surface area contributed by atoms with Crippen molar-refractivity contribution in [2.24, 2.45) is 0 Å². The lowest BCUT2D eigenvalue weighted by Crippen LogP contribution is -2.02. The largest absolute Gasteiger partial charge is 0.478 e. The van der Waals surface area contributed by atoms with E-state index in [0.717, 1.165) is 27.0 Å². The first-order valence-electron chi connectivity index (χ1n) is 20.9. The standard InChI is InChI=1S/C43H78O2S3/c1-4-7-10-13-16-19-22-25-28-31-34-46-39-37-40(43(44)45)42(48-36-33-30-27-24-21-18-15-12-9-6-3)41(38-39)47-35-32-29-26-23-20-17-14-11-8-5-2/h37-38H,4-36H2,1-3H3,(H,44,45). The van der Waals surface area contributed by atoms with Gasteiger partial charge in [0, 0.05) is 14.7 Å². The lowest BCUT2D eigenvalue weighted by atomic mass is 10.1. The Bertz CT molecular complexity index is 859. The average Bonchev–Trinajstić information content (AvgIpc) is 3.08. The van der Waals surface area contributed by atoms with Gasteiger partial charge in [-0.1, -0.05) is 194 Å². The van der Waals surface area contributed by atoms with Crippen LogP contribution in [-0.2, 0) is 0 Å². The van der Waals surface area contributed by atoms with Gasteiger partial charge >= 0.3 is 5.97 Å². The van der Waals surface area contributed by atoms with E-state index in [2.05, 4.69) is 26.8 Å². The van der Waals surface area contributed by atoms with Crippen LogP contribution in [0.3, 0.4) is 0 Å². The highest BCUT2D eigenvalue weighted by Crippen LogP contribution is 2.39. The molecule has 0 radical (unpaired) electrons. The molecule has 1 aromatic carbocycles. The number of carboxylic acid groups (broad SMARTS) is 1. The molecule has 1 rings (SSSR count). The van der Waals surface area contributed by atoms with Crippen LogP contribution in [0, 0.1) is 0 Å². The van der Waals surface area contributed by atoms with E-state index in [-0.39, 0.29) is 0 Å². The Morgan fingerprint density at radius 1 is 0.438 bits per heavy atom. The smallest absolute Gasteiger partial charge is 0.336 e. The average molecular weight is 723 g/mol. The molecule has 1 N–H and O–H groups in total. The summed E-state index contributed by atoms with van der Waals surface area (Å²) >= 11 is 5.59. The molecule has 0 saturated heterocycles. The predicted molar refractivity (Wildman–Crippen MR) is 221 cm³/mol. The van der Waals surface area contributed by atoms with Crippen molar-refractivity contribution in [3.63, 3.8) is 0 Å². The molecule has 1 aromatic rings. The van der Waals surface area contributed by atoms with E-state index in [1.807, 2.05) is 29.6 Å². The molecule has 0 aliphatic carbocycles. The number of aromatic carboxylic acids is 1. The molecule has 0 heterocycles. The summed E-state index contributed by atoms with van der Waals surface area (Å²) in [4.78, 5) is 15.9. The number of unbranched alkanes of at least 4 members (excludes halogenated alkanes) is 27. The molecular formula is C43H78O2S3. The fourth-order valence-electron chi connectivity index (χ4n) is 6.39. The second-order valence-corrected chi connectivity index (χ2v) is 17.6. The maximum absolute atomic E-state index is 12.5. The molecule has 0 unspecified atom stereocenters. The third kappa shape index (κ3) is 26.5. The highest BCUT2D eigenvalue weighted by atomic mass is 32.2. The SMILES string of the molecule is CCCCCCCCCCCCSc1cc(SCCCCCCCCCCCC)c(SCCCCCCCCCCCC)c(C(=O)O)c1. The number of carboxylic acids is 1. The van der Waals surface area contributed by atoms with Gasteiger partial charge in [-0.25, -0.2) is 4.79 Å². The van der Waals surface area contributed by atoms with Crippen LogP contribution < -0.4 is 0 Å². The Morgan fingerprint density at radius 3 is 1.10 bits per heavy atom. The minimum absolute atomic E-state index is 0.533. The van der Waals surface area contributed by atoms with E-state index in [1.54, 1.807) is 11.8 Å². The van der Waals surface area contributed by atoms with Gasteiger partial charge in [-0.3, -0.25) is 0 Å². The monoisotopic (exact) mass is 723 g/mol. The number of hydrogen-bond acceptors (Lipinski definition) is 4. The fourth-order valence-corrected chi connectivity index (χ4v) is 9.88. The maximum atomic E-state index is 12.5. The van der Waals surface area contributed by atoms with Gasteiger partial charge in [0.1, 0.15) is 0 Å². The Kier molecular flexibility index (Phi) is 33.5. The lowest BCUT2D eigenvalue weighted by molar-refractivity contribution is 0.0692. The van der Waals surface area contributed by atoms with Crippen LogP contribution in [0.5, 0.6) is 0 Å². The molecule has 0 atom stereocenters. The molecule has 0 amide bonds. The second kappa shape index (κ2) is 35.2. The molecule has 0 fully saturated rings. The van der Waals surface area contributed by atoms with E-state index in [0.29, 0.717) is 5.56 Å². The van der Waals surface area contributed by atoms with Gasteiger partial charge in [0.05, 0.1) is 5.56 Å². The third-order valence-electron chi connectivity index (χ3n) is 9.53. The van der Waals surface area contributed by atoms with Gasteiger partial charge in [-0.15, -0.1) is 35.3 Å². The van der Waals surface area contributed by atoms with E-state index >= 15 is 0 Å². The molecule has 0 aliphatic heterocycles. The van der Waals surface area contributed by atoms with Crippen molar-refractivity contribution in [1.29, 1.82) is 0 Å². The van der Waals surface area contributed by atoms with Crippen molar-refractivity contribution in [3.8, 4) is 0 Å². The van der Waals surface area contributed by atoms with Gasteiger partial charge in [0.25, 0.3) is 0 Å². The summed E-state index contributed by atoms with van der Waals surface area (Å²) in [7, 11) is 0. The summed E-state index contributed by atoms with van der Waals surface area (Å²) in [5, 5.41) is 10.3. The zero-order chi connectivity index (χ0) is 34.8. The van der Waals surface area contributed by atoms with Crippen molar-refractivity contribution in [2.75, 3.05) is 17.3 Å². The molecule has 0 bridgehead atoms. The van der Waals surface area contributed by atoms with Crippen LogP contribution in [0.1, 0.15) is 224 Å². The summed E-state index contributed by atoms with van der Waals surface area (Å²) in [5.41, 5.74) is 0.533. The first-order chi connectivity index (χ1) is 23.6. The van der Waals surface area contributed by atoms with E-state index in [9.17, 15) is 9.90 Å². The topological polar surface area (TPSA) is 37.3 Å². The van der Waals surface area contributed by atoms with Crippen LogP contribution in [-0.4, -0.2) is 28.3 Å². The number of thioether (sulfide) groups is 3. The van der Waals surface area contributed by atoms with E-state index < -0.39 is 5.97 Å². The van der Waals surface area contributed by atoms with Crippen LogP contribution in [0.15, 0.2) is 26.8 Å². The maximum Gasteiger partial charge on any atom is 0.336 e. The van der Waals surface area contributed by atoms with Crippen LogP contribution >= 0.6 is 35.3 Å². The molecule has 5 heteroatoms. The molecule has 0 aromatic heterocycles. The molecule has 2 nitrogen and oxygen atoms in total. The second-order valence-electron chi connectivity index (χ2n) is 14.2. The first-order valence-corrected chi connectivity index (χ1v) is 23.9. The number of benzene rings is 1. The summed E-state index contributed by atoms with van der Waals surface area (Å²) in [6.45, 7) is 6.85. The van der Waals surface area contributed by atoms with Gasteiger partial charge in [0.2, 0.25) is 0 Å². The van der Waals surface area contributed by atoms with Crippen molar-refractivity contribution in [2.45, 2.75) is 228 Å². The number of carbonyl (C=O) groups is 1. The summed E-state index contributed by atoms with van der Waals surface area (Å²) in [6, 6.07) is 4.31. The lowest BCUT2D eigenvalue weighted by Gasteiger charge is -2.15. The van der Waals surface area contributed by atoms with Crippen LogP contribution in [0.2, 0.25) is 0 Å². The number of rotatable bonds is 37. The van der Waals surface area contributed by atoms with Crippen LogP contribution in [0.25, 0.3) is 0 Å². The Labute approximate surface area is 312 Å². The first kappa shape index (κ1) is 45.8. The summed E-state index contributed by atoms with van der Waals surface area (Å²) < 4.78 is 0. The van der Waals surface area contributed by atoms with Gasteiger partial charge in [0.15, 0.2) is 0 Å². The van der Waals surface area contributed by atoms with E-state index in [1.165, 1.54) is 198 Å². The summed E-state index contributed by atoms with van der Waals surface area (Å²) in [6.07, 6.45) is 40.4. The van der Waals surface area contributed by atoms with Crippen molar-refractivity contribution < 1.29 is 9.90 Å². The van der Waals surface area contributed by atoms with Gasteiger partial charge in [-0.05, 0) is 48.7 Å². The molecule has 280 valence electrons. The molecular weight excluding hydrogens is 645 g/mol.